The van der Waals surface area contributed by atoms with Crippen molar-refractivity contribution in [3.8, 4) is 5.75 Å². The zero-order valence-electron chi connectivity index (χ0n) is 18.1. The van der Waals surface area contributed by atoms with Crippen LogP contribution in [0.3, 0.4) is 0 Å². The van der Waals surface area contributed by atoms with E-state index in [1.54, 1.807) is 24.3 Å². The number of aromatic nitrogens is 1. The first-order valence-corrected chi connectivity index (χ1v) is 12.2. The van der Waals surface area contributed by atoms with Crippen LogP contribution in [-0.4, -0.2) is 45.4 Å². The Morgan fingerprint density at radius 3 is 2.54 bits per heavy atom. The fraction of sp³-hybridized carbons (Fsp3) is 0.190. The molecule has 0 aliphatic carbocycles. The number of anilines is 1. The molecule has 0 fully saturated rings. The second-order valence-corrected chi connectivity index (χ2v) is 9.82. The normalized spacial score (nSPS) is 12.2. The van der Waals surface area contributed by atoms with E-state index < -0.39 is 39.2 Å². The average Bonchev–Trinajstić information content (AvgIpc) is 2.76. The maximum atomic E-state index is 13.2. The molecule has 0 bridgehead atoms. The number of hydrazone groups is 1. The maximum absolute atomic E-state index is 13.2. The number of rotatable bonds is 7. The van der Waals surface area contributed by atoms with Gasteiger partial charge in [0.2, 0.25) is 10.0 Å². The third-order valence-electron chi connectivity index (χ3n) is 4.63. The molecule has 14 heteroatoms. The molecule has 35 heavy (non-hydrogen) atoms. The van der Waals surface area contributed by atoms with E-state index in [0.717, 1.165) is 23.8 Å². The Morgan fingerprint density at radius 1 is 1.20 bits per heavy atom. The predicted octanol–water partition coefficient (Wildman–Crippen LogP) is 4.49. The highest BCUT2D eigenvalue weighted by Crippen LogP contribution is 2.37. The number of ether oxygens (including phenoxy) is 1. The standard InChI is InChI=1S/C21H17Cl2F3N4O4S/c1-34-15-5-3-12-7-13(20(23)28-18(12)9-15)10-27-29-19(31)11-30(35(2,32)33)14-4-6-17(22)16(8-14)21(24,25)26/h3-10H,11H2,1-2H3,(H,29,31)/b27-10-. The van der Waals surface area contributed by atoms with Gasteiger partial charge in [-0.05, 0) is 36.4 Å². The lowest BCUT2D eigenvalue weighted by molar-refractivity contribution is -0.137. The Balaban J connectivity index is 1.79. The van der Waals surface area contributed by atoms with Crippen molar-refractivity contribution in [3.63, 3.8) is 0 Å². The molecule has 0 aliphatic heterocycles. The second kappa shape index (κ2) is 10.3. The number of hydrogen-bond acceptors (Lipinski definition) is 6. The molecule has 8 nitrogen and oxygen atoms in total. The van der Waals surface area contributed by atoms with Crippen molar-refractivity contribution < 1.29 is 31.1 Å². The third-order valence-corrected chi connectivity index (χ3v) is 6.40. The number of amides is 1. The van der Waals surface area contributed by atoms with Gasteiger partial charge >= 0.3 is 6.18 Å². The Hall–Kier alpha value is -3.09. The SMILES string of the molecule is COc1ccc2cc(/C=N\NC(=O)CN(c3ccc(Cl)c(C(F)(F)F)c3)S(C)(=O)=O)c(Cl)nc2c1. The highest BCUT2D eigenvalue weighted by molar-refractivity contribution is 7.92. The predicted molar refractivity (Wildman–Crippen MR) is 128 cm³/mol. The van der Waals surface area contributed by atoms with Crippen LogP contribution in [-0.2, 0) is 21.0 Å². The average molecular weight is 549 g/mol. The monoisotopic (exact) mass is 548 g/mol. The third kappa shape index (κ3) is 6.53. The van der Waals surface area contributed by atoms with Gasteiger partial charge in [0, 0.05) is 17.0 Å². The molecule has 3 rings (SSSR count). The Morgan fingerprint density at radius 2 is 1.91 bits per heavy atom. The summed E-state index contributed by atoms with van der Waals surface area (Å²) in [5, 5.41) is 3.94. The van der Waals surface area contributed by atoms with Crippen LogP contribution in [0.5, 0.6) is 5.75 Å². The summed E-state index contributed by atoms with van der Waals surface area (Å²) in [7, 11) is -2.62. The minimum atomic E-state index is -4.82. The van der Waals surface area contributed by atoms with Crippen LogP contribution in [0.15, 0.2) is 47.6 Å². The summed E-state index contributed by atoms with van der Waals surface area (Å²) in [5.74, 6) is -0.321. The van der Waals surface area contributed by atoms with E-state index in [4.69, 9.17) is 27.9 Å². The molecule has 2 aromatic carbocycles. The van der Waals surface area contributed by atoms with Gasteiger partial charge in [0.1, 0.15) is 17.4 Å². The fourth-order valence-corrected chi connectivity index (χ4v) is 4.25. The molecule has 1 heterocycles. The number of alkyl halides is 3. The first-order chi connectivity index (χ1) is 16.3. The number of halogens is 5. The summed E-state index contributed by atoms with van der Waals surface area (Å²) >= 11 is 11.7. The van der Waals surface area contributed by atoms with Gasteiger partial charge in [-0.1, -0.05) is 23.2 Å². The van der Waals surface area contributed by atoms with E-state index in [9.17, 15) is 26.4 Å². The molecule has 1 N–H and O–H groups in total. The minimum Gasteiger partial charge on any atom is -0.497 e. The van der Waals surface area contributed by atoms with Gasteiger partial charge in [-0.2, -0.15) is 18.3 Å². The molecule has 186 valence electrons. The Bertz CT molecular complexity index is 1420. The zero-order valence-corrected chi connectivity index (χ0v) is 20.4. The Labute approximate surface area is 208 Å². The number of sulfonamides is 1. The molecule has 0 aliphatic rings. The summed E-state index contributed by atoms with van der Waals surface area (Å²) in [6.45, 7) is -0.835. The van der Waals surface area contributed by atoms with Crippen LogP contribution in [0, 0.1) is 0 Å². The number of nitrogens with zero attached hydrogens (tertiary/aromatic N) is 3. The van der Waals surface area contributed by atoms with E-state index >= 15 is 0 Å². The van der Waals surface area contributed by atoms with Gasteiger partial charge in [0.25, 0.3) is 5.91 Å². The molecule has 0 spiro atoms. The van der Waals surface area contributed by atoms with Crippen molar-refractivity contribution in [3.05, 3.63) is 63.8 Å². The summed E-state index contributed by atoms with van der Waals surface area (Å²) in [6.07, 6.45) is -2.87. The zero-order chi connectivity index (χ0) is 26.0. The summed E-state index contributed by atoms with van der Waals surface area (Å²) < 4.78 is 69.5. The smallest absolute Gasteiger partial charge is 0.417 e. The summed E-state index contributed by atoms with van der Waals surface area (Å²) in [6, 6.07) is 9.33. The molecule has 0 atom stereocenters. The highest BCUT2D eigenvalue weighted by atomic mass is 35.5. The van der Waals surface area contributed by atoms with Crippen LogP contribution in [0.1, 0.15) is 11.1 Å². The number of methoxy groups -OCH3 is 1. The fourth-order valence-electron chi connectivity index (χ4n) is 2.98. The number of fused-ring (bicyclic) bond motifs is 1. The molecule has 0 unspecified atom stereocenters. The second-order valence-electron chi connectivity index (χ2n) is 7.15. The van der Waals surface area contributed by atoms with Gasteiger partial charge in [-0.15, -0.1) is 0 Å². The van der Waals surface area contributed by atoms with Crippen molar-refractivity contribution in [1.29, 1.82) is 0 Å². The van der Waals surface area contributed by atoms with Crippen LogP contribution in [0.2, 0.25) is 10.2 Å². The number of hydrogen-bond donors (Lipinski definition) is 1. The molecule has 1 aromatic heterocycles. The lowest BCUT2D eigenvalue weighted by Crippen LogP contribution is -2.39. The molecular formula is C21H17Cl2F3N4O4S. The van der Waals surface area contributed by atoms with E-state index in [1.807, 2.05) is 0 Å². The maximum Gasteiger partial charge on any atom is 0.417 e. The first kappa shape index (κ1) is 26.5. The molecule has 0 radical (unpaired) electrons. The van der Waals surface area contributed by atoms with Crippen LogP contribution < -0.4 is 14.5 Å². The van der Waals surface area contributed by atoms with Gasteiger partial charge in [0.15, 0.2) is 0 Å². The van der Waals surface area contributed by atoms with Crippen molar-refractivity contribution in [1.82, 2.24) is 10.4 Å². The summed E-state index contributed by atoms with van der Waals surface area (Å²) in [4.78, 5) is 16.6. The van der Waals surface area contributed by atoms with Crippen molar-refractivity contribution in [2.45, 2.75) is 6.18 Å². The van der Waals surface area contributed by atoms with Crippen LogP contribution in [0.25, 0.3) is 10.9 Å². The van der Waals surface area contributed by atoms with Gasteiger partial charge in [0.05, 0.1) is 41.4 Å². The van der Waals surface area contributed by atoms with Crippen molar-refractivity contribution in [2.24, 2.45) is 5.10 Å². The van der Waals surface area contributed by atoms with E-state index in [1.165, 1.54) is 13.3 Å². The number of carbonyl (C=O) groups is 1. The summed E-state index contributed by atoms with van der Waals surface area (Å²) in [5.41, 5.74) is 1.43. The van der Waals surface area contributed by atoms with E-state index in [-0.39, 0.29) is 10.8 Å². The Kier molecular flexibility index (Phi) is 7.77. The lowest BCUT2D eigenvalue weighted by Gasteiger charge is -2.22. The molecule has 3 aromatic rings. The first-order valence-electron chi connectivity index (χ1n) is 9.60. The lowest BCUT2D eigenvalue weighted by atomic mass is 10.1. The molecule has 0 saturated carbocycles. The van der Waals surface area contributed by atoms with E-state index in [2.05, 4.69) is 15.5 Å². The molecular weight excluding hydrogens is 532 g/mol. The number of nitrogens with one attached hydrogen (secondary N) is 1. The minimum absolute atomic E-state index is 0.0855. The van der Waals surface area contributed by atoms with Crippen molar-refractivity contribution >= 4 is 61.9 Å². The van der Waals surface area contributed by atoms with Crippen LogP contribution >= 0.6 is 23.2 Å². The van der Waals surface area contributed by atoms with Crippen LogP contribution in [0.4, 0.5) is 18.9 Å². The topological polar surface area (TPSA) is 101 Å². The largest absolute Gasteiger partial charge is 0.497 e. The van der Waals surface area contributed by atoms with Gasteiger partial charge in [-0.3, -0.25) is 9.10 Å². The molecule has 0 saturated heterocycles. The quantitative estimate of drug-likeness (QED) is 0.266. The highest BCUT2D eigenvalue weighted by Gasteiger charge is 2.34. The van der Waals surface area contributed by atoms with Crippen molar-refractivity contribution in [2.75, 3.05) is 24.2 Å². The number of carbonyl (C=O) groups excluding carboxylic acids is 1. The molecule has 1 amide bonds. The number of pyridine rings is 1. The van der Waals surface area contributed by atoms with Gasteiger partial charge < -0.3 is 4.74 Å². The van der Waals surface area contributed by atoms with E-state index in [0.29, 0.717) is 27.2 Å². The van der Waals surface area contributed by atoms with Gasteiger partial charge in [-0.25, -0.2) is 18.8 Å². The number of benzene rings is 2.